The summed E-state index contributed by atoms with van der Waals surface area (Å²) in [6.07, 6.45) is 17.6. The minimum absolute atomic E-state index is 0.472. The summed E-state index contributed by atoms with van der Waals surface area (Å²) in [5, 5.41) is 0. The monoisotopic (exact) mass is 1470 g/mol. The van der Waals surface area contributed by atoms with Gasteiger partial charge in [0.25, 0.3) is 5.52 Å². The third-order valence-corrected chi connectivity index (χ3v) is 22.2. The number of rotatable bonds is 10. The summed E-state index contributed by atoms with van der Waals surface area (Å²) in [6.45, 7) is 45.9. The van der Waals surface area contributed by atoms with Crippen LogP contribution in [-0.2, 0) is 48.1 Å². The second-order valence-electron chi connectivity index (χ2n) is 32.2. The molecule has 0 N–H and O–H groups in total. The molecule has 0 aliphatic carbocycles. The molecule has 0 unspecified atom stereocenters. The molecule has 0 saturated carbocycles. The smallest absolute Gasteiger partial charge is 0.250 e. The minimum atomic E-state index is 0.472. The molecule has 7 heterocycles. The van der Waals surface area contributed by atoms with E-state index >= 15 is 0 Å². The van der Waals surface area contributed by atoms with E-state index in [0.717, 1.165) is 74.2 Å². The van der Waals surface area contributed by atoms with Crippen LogP contribution in [-0.4, -0.2) is 34.9 Å². The Morgan fingerprint density at radius 2 is 0.649 bits per heavy atom. The Bertz CT molecular complexity index is 5810. The topological polar surface area (TPSA) is 110 Å². The van der Waals surface area contributed by atoms with Gasteiger partial charge in [0.15, 0.2) is 5.52 Å². The van der Waals surface area contributed by atoms with Gasteiger partial charge in [-0.05, 0) is 243 Å². The van der Waals surface area contributed by atoms with Crippen LogP contribution in [0.2, 0.25) is 0 Å². The van der Waals surface area contributed by atoms with Gasteiger partial charge in [-0.25, -0.2) is 29.9 Å². The van der Waals surface area contributed by atoms with E-state index in [1.807, 2.05) is 61.6 Å². The maximum atomic E-state index is 4.85. The largest absolute Gasteiger partial charge is 0.262 e. The van der Waals surface area contributed by atoms with Gasteiger partial charge in [-0.2, -0.15) is 22.8 Å². The molecule has 0 fully saturated rings. The Balaban J connectivity index is 0.000000138. The van der Waals surface area contributed by atoms with E-state index in [1.165, 1.54) is 150 Å². The molecule has 0 spiro atoms. The molecule has 0 saturated heterocycles. The fourth-order valence-electron chi connectivity index (χ4n) is 15.6. The highest BCUT2D eigenvalue weighted by atomic mass is 15.0. The van der Waals surface area contributed by atoms with Crippen LogP contribution in [0, 0.1) is 116 Å². The van der Waals surface area contributed by atoms with Crippen molar-refractivity contribution >= 4 is 55.3 Å². The number of aryl methyl sites for hydroxylation is 15. The molecule has 0 bridgehead atoms. The first-order chi connectivity index (χ1) is 52.8. The van der Waals surface area contributed by atoms with Crippen LogP contribution in [0.4, 0.5) is 0 Å². The fourth-order valence-corrected chi connectivity index (χ4v) is 15.6. The van der Waals surface area contributed by atoms with Gasteiger partial charge in [0.05, 0.1) is 34.0 Å². The highest BCUT2D eigenvalue weighted by molar-refractivity contribution is 5.80. The summed E-state index contributed by atoms with van der Waals surface area (Å²) in [5.74, 6) is 1.72. The maximum Gasteiger partial charge on any atom is 0.250 e. The number of pyridine rings is 2. The predicted octanol–water partition coefficient (Wildman–Crippen LogP) is 20.6. The van der Waals surface area contributed by atoms with Crippen molar-refractivity contribution in [2.45, 2.75) is 164 Å². The van der Waals surface area contributed by atoms with E-state index in [2.05, 4.69) is 344 Å². The van der Waals surface area contributed by atoms with Crippen molar-refractivity contribution in [3.05, 3.63) is 283 Å². The average molecular weight is 1470 g/mol. The Hall–Kier alpha value is -11.2. The number of fused-ring (bicyclic) bond motifs is 5. The van der Waals surface area contributed by atoms with E-state index < -0.39 is 0 Å². The number of para-hydroxylation sites is 4. The lowest BCUT2D eigenvalue weighted by atomic mass is 9.97. The molecule has 15 rings (SSSR count). The molecule has 111 heavy (non-hydrogen) atoms. The first-order valence-corrected chi connectivity index (χ1v) is 39.2. The van der Waals surface area contributed by atoms with Crippen molar-refractivity contribution in [3.63, 3.8) is 0 Å². The highest BCUT2D eigenvalue weighted by Gasteiger charge is 2.26. The van der Waals surface area contributed by atoms with E-state index in [0.29, 0.717) is 17.8 Å². The molecule has 7 aromatic heterocycles. The summed E-state index contributed by atoms with van der Waals surface area (Å²) in [4.78, 5) is 32.1. The lowest BCUT2D eigenvalue weighted by Crippen LogP contribution is -2.33. The van der Waals surface area contributed by atoms with Crippen LogP contribution in [0.3, 0.4) is 0 Å². The molecule has 0 aliphatic rings. The number of benzene rings is 8. The zero-order valence-corrected chi connectivity index (χ0v) is 70.8. The van der Waals surface area contributed by atoms with Gasteiger partial charge < -0.3 is 0 Å². The first-order valence-electron chi connectivity index (χ1n) is 39.2. The molecular formula is C99H115N12+5. The lowest BCUT2D eigenvalue weighted by Gasteiger charge is -2.12. The minimum Gasteiger partial charge on any atom is -0.262 e. The molecular weight excluding hydrogens is 1360 g/mol. The standard InChI is InChI=1S/C22H27N2.C21H26N3.C21H25N2.C18H19N2.C17H18N3/c1-14(2)10-18-8-7-9-20-22(18)23-13-21(24(20)6)19-12-15(3)11-16(4)17(19)5;1-13(2)7-17-10-19-21(22-11-17)23-12-20(24(19)6)18-9-14(3)8-15(4)16(18)5;1-13(2)17-8-7-9-19-21(17)22-12-20(23(19)6)18-11-14(3)10-15(4)16(18)5;1-12-9-13(2)14(3)15(10-12)18-11-19-16-7-5-6-8-17(16)20(18)4;1-11-7-12(2)13(3)14(8-11)17-10-19-15-9-18-6-5-16(15)20(17)4/h7-9,11-14H,10H2,1-6H3;8-13H,7H2,1-6H3;7-13H,1-6H3;5-11H,1-4H3;5-10H,1-4H3/q5*+1. The van der Waals surface area contributed by atoms with Crippen molar-refractivity contribution in [2.24, 2.45) is 47.1 Å². The fraction of sp³-hybridized carbons (Fsp3) is 0.313. The van der Waals surface area contributed by atoms with Gasteiger partial charge in [0.2, 0.25) is 56.2 Å². The Morgan fingerprint density at radius 3 is 1.09 bits per heavy atom. The molecule has 15 aromatic rings. The first kappa shape index (κ1) is 80.8. The van der Waals surface area contributed by atoms with Crippen LogP contribution in [0.5, 0.6) is 0 Å². The van der Waals surface area contributed by atoms with Crippen molar-refractivity contribution in [3.8, 4) is 56.3 Å². The zero-order chi connectivity index (χ0) is 80.1. The van der Waals surface area contributed by atoms with E-state index in [9.17, 15) is 0 Å². The third kappa shape index (κ3) is 17.7. The molecule has 566 valence electrons. The van der Waals surface area contributed by atoms with E-state index in [-0.39, 0.29) is 0 Å². The van der Waals surface area contributed by atoms with Gasteiger partial charge in [-0.1, -0.05) is 136 Å². The van der Waals surface area contributed by atoms with Gasteiger partial charge in [0, 0.05) is 42.7 Å². The Labute approximate surface area is 659 Å². The molecule has 0 aliphatic heterocycles. The van der Waals surface area contributed by atoms with Crippen molar-refractivity contribution in [2.75, 3.05) is 0 Å². The molecule has 0 atom stereocenters. The van der Waals surface area contributed by atoms with Gasteiger partial charge in [0.1, 0.15) is 82.8 Å². The van der Waals surface area contributed by atoms with Crippen molar-refractivity contribution in [1.29, 1.82) is 0 Å². The second kappa shape index (κ2) is 34.4. The number of hydrogen-bond acceptors (Lipinski definition) is 7. The summed E-state index contributed by atoms with van der Waals surface area (Å²) in [6, 6.07) is 47.9. The summed E-state index contributed by atoms with van der Waals surface area (Å²) in [5.41, 5.74) is 46.3. The highest BCUT2D eigenvalue weighted by Crippen LogP contribution is 2.33. The average Bonchev–Trinajstić information content (AvgIpc) is 0.690. The molecule has 0 amide bonds. The van der Waals surface area contributed by atoms with E-state index in [4.69, 9.17) is 9.97 Å². The van der Waals surface area contributed by atoms with Crippen molar-refractivity contribution < 1.29 is 22.8 Å². The normalized spacial score (nSPS) is 11.3. The van der Waals surface area contributed by atoms with E-state index in [1.54, 1.807) is 6.20 Å². The SMILES string of the molecule is Cc1cc(C)c(C)c(-c2cnc3c(C(C)C)cccc3[n+]2C)c1.Cc1cc(C)c(C)c(-c2cnc3c(CC(C)C)cccc3[n+]2C)c1.Cc1cc(C)c(C)c(-c2cnc3ccccc3[n+]2C)c1.Cc1cc(C)c(C)c(-c2cnc3cnccc3[n+]2C)c1.Cc1cc(C)c(C)c(-c2cnc3ncc(CC(C)C)cc3[n+]2C)c1. The molecule has 12 nitrogen and oxygen atoms in total. The van der Waals surface area contributed by atoms with Crippen LogP contribution in [0.1, 0.15) is 148 Å². The maximum absolute atomic E-state index is 4.85. The second-order valence-corrected chi connectivity index (χ2v) is 32.2. The predicted molar refractivity (Wildman–Crippen MR) is 460 cm³/mol. The molecule has 8 aromatic carbocycles. The van der Waals surface area contributed by atoms with Gasteiger partial charge in [-0.15, -0.1) is 0 Å². The van der Waals surface area contributed by atoms with Crippen LogP contribution < -0.4 is 22.8 Å². The van der Waals surface area contributed by atoms with Gasteiger partial charge in [-0.3, -0.25) is 4.98 Å². The molecule has 0 radical (unpaired) electrons. The quantitative estimate of drug-likeness (QED) is 0.125. The summed E-state index contributed by atoms with van der Waals surface area (Å²) in [7, 11) is 10.6. The summed E-state index contributed by atoms with van der Waals surface area (Å²) >= 11 is 0. The summed E-state index contributed by atoms with van der Waals surface area (Å²) < 4.78 is 11.2. The lowest BCUT2D eigenvalue weighted by molar-refractivity contribution is -0.634. The number of aromatic nitrogens is 12. The Kier molecular flexibility index (Phi) is 25.0. The van der Waals surface area contributed by atoms with Crippen LogP contribution >= 0.6 is 0 Å². The number of nitrogens with zero attached hydrogens (tertiary/aromatic N) is 12. The van der Waals surface area contributed by atoms with Gasteiger partial charge >= 0.3 is 0 Å². The molecule has 12 heteroatoms. The van der Waals surface area contributed by atoms with Crippen LogP contribution in [0.25, 0.3) is 112 Å². The zero-order valence-electron chi connectivity index (χ0n) is 70.8. The van der Waals surface area contributed by atoms with Crippen molar-refractivity contribution in [1.82, 2.24) is 34.9 Å². The third-order valence-electron chi connectivity index (χ3n) is 22.2. The van der Waals surface area contributed by atoms with Crippen LogP contribution in [0.15, 0.2) is 183 Å². The Morgan fingerprint density at radius 1 is 0.297 bits per heavy atom. The number of hydrogen-bond donors (Lipinski definition) is 0.